The highest BCUT2D eigenvalue weighted by Crippen LogP contribution is 2.43. The molecule has 20 heavy (non-hydrogen) atoms. The van der Waals surface area contributed by atoms with E-state index in [1.165, 1.54) is 12.8 Å². The molecule has 1 fully saturated rings. The van der Waals surface area contributed by atoms with Crippen LogP contribution in [0, 0.1) is 0 Å². The Morgan fingerprint density at radius 2 is 2.00 bits per heavy atom. The molecule has 1 amide bonds. The van der Waals surface area contributed by atoms with Gasteiger partial charge in [-0.2, -0.15) is 0 Å². The van der Waals surface area contributed by atoms with Crippen molar-refractivity contribution in [3.05, 3.63) is 18.2 Å². The minimum absolute atomic E-state index is 0.0637. The van der Waals surface area contributed by atoms with Gasteiger partial charge in [0.05, 0.1) is 11.8 Å². The number of hydrogen-bond acceptors (Lipinski definition) is 3. The third-order valence-electron chi connectivity index (χ3n) is 4.11. The lowest BCUT2D eigenvalue weighted by atomic mass is 9.93. The van der Waals surface area contributed by atoms with E-state index < -0.39 is 0 Å². The lowest BCUT2D eigenvalue weighted by Gasteiger charge is -2.29. The number of hydrogen-bond donors (Lipinski definition) is 2. The maximum absolute atomic E-state index is 12.2. The molecule has 1 aromatic rings. The van der Waals surface area contributed by atoms with E-state index in [-0.39, 0.29) is 17.6 Å². The molecule has 2 N–H and O–H groups in total. The predicted octanol–water partition coefficient (Wildman–Crippen LogP) is 3.54. The highest BCUT2D eigenvalue weighted by molar-refractivity contribution is 5.99. The topological polar surface area (TPSA) is 50.4 Å². The zero-order chi connectivity index (χ0) is 14.2. The molecule has 3 rings (SSSR count). The number of rotatable bonds is 2. The van der Waals surface area contributed by atoms with Crippen LogP contribution in [0.4, 0.5) is 11.4 Å². The molecular weight excluding hydrogens is 252 g/mol. The van der Waals surface area contributed by atoms with Gasteiger partial charge in [-0.3, -0.25) is 4.79 Å². The number of carbonyl (C=O) groups excluding carboxylic acids is 1. The van der Waals surface area contributed by atoms with Gasteiger partial charge in [-0.1, -0.05) is 18.9 Å². The Kier molecular flexibility index (Phi) is 3.32. The van der Waals surface area contributed by atoms with E-state index >= 15 is 0 Å². The Hall–Kier alpha value is -1.71. The maximum Gasteiger partial charge on any atom is 0.226 e. The lowest BCUT2D eigenvalue weighted by Crippen LogP contribution is -2.36. The van der Waals surface area contributed by atoms with Gasteiger partial charge in [0.1, 0.15) is 11.4 Å². The van der Waals surface area contributed by atoms with Gasteiger partial charge < -0.3 is 15.4 Å². The van der Waals surface area contributed by atoms with Crippen molar-refractivity contribution in [2.24, 2.45) is 0 Å². The van der Waals surface area contributed by atoms with Gasteiger partial charge in [-0.25, -0.2) is 0 Å². The highest BCUT2D eigenvalue weighted by atomic mass is 16.5. The van der Waals surface area contributed by atoms with E-state index in [0.717, 1.165) is 30.0 Å². The van der Waals surface area contributed by atoms with Crippen molar-refractivity contribution in [2.75, 3.05) is 10.6 Å². The quantitative estimate of drug-likeness (QED) is 0.867. The Morgan fingerprint density at radius 1 is 1.25 bits per heavy atom. The van der Waals surface area contributed by atoms with Crippen LogP contribution in [0.3, 0.4) is 0 Å². The van der Waals surface area contributed by atoms with Crippen LogP contribution in [0.5, 0.6) is 5.75 Å². The van der Waals surface area contributed by atoms with Crippen LogP contribution in [0.15, 0.2) is 18.2 Å². The second-order valence-corrected chi connectivity index (χ2v) is 6.18. The standard InChI is InChI=1S/C16H22N2O2/c1-11(2)20-13-7-5-6-12-15(13)17-14(19)10-16(18-12)8-3-4-9-16/h5-7,11,18H,3-4,8-10H2,1-2H3,(H,17,19). The highest BCUT2D eigenvalue weighted by Gasteiger charge is 2.38. The van der Waals surface area contributed by atoms with Gasteiger partial charge in [0.25, 0.3) is 0 Å². The number of nitrogens with one attached hydrogen (secondary N) is 2. The van der Waals surface area contributed by atoms with Crippen LogP contribution in [0.1, 0.15) is 46.0 Å². The van der Waals surface area contributed by atoms with Crippen molar-refractivity contribution in [1.82, 2.24) is 0 Å². The first-order valence-electron chi connectivity index (χ1n) is 7.46. The molecule has 2 aliphatic rings. The van der Waals surface area contributed by atoms with Crippen LogP contribution < -0.4 is 15.4 Å². The van der Waals surface area contributed by atoms with Crippen LogP contribution in [-0.2, 0) is 4.79 Å². The predicted molar refractivity (Wildman–Crippen MR) is 80.3 cm³/mol. The molecule has 1 aliphatic carbocycles. The van der Waals surface area contributed by atoms with Crippen LogP contribution >= 0.6 is 0 Å². The number of anilines is 2. The second-order valence-electron chi connectivity index (χ2n) is 6.18. The van der Waals surface area contributed by atoms with E-state index in [4.69, 9.17) is 4.74 Å². The Bertz CT molecular complexity index is 519. The molecule has 1 spiro atoms. The summed E-state index contributed by atoms with van der Waals surface area (Å²) in [6.45, 7) is 3.98. The number of benzene rings is 1. The zero-order valence-electron chi connectivity index (χ0n) is 12.2. The molecular formula is C16H22N2O2. The van der Waals surface area contributed by atoms with Gasteiger partial charge >= 0.3 is 0 Å². The molecule has 0 unspecified atom stereocenters. The second kappa shape index (κ2) is 5.00. The number of para-hydroxylation sites is 1. The van der Waals surface area contributed by atoms with E-state index in [0.29, 0.717) is 6.42 Å². The van der Waals surface area contributed by atoms with E-state index in [9.17, 15) is 4.79 Å². The first-order valence-corrected chi connectivity index (χ1v) is 7.46. The third kappa shape index (κ3) is 2.47. The summed E-state index contributed by atoms with van der Waals surface area (Å²) in [6, 6.07) is 5.91. The third-order valence-corrected chi connectivity index (χ3v) is 4.11. The summed E-state index contributed by atoms with van der Waals surface area (Å²) >= 11 is 0. The molecule has 108 valence electrons. The van der Waals surface area contributed by atoms with Crippen molar-refractivity contribution >= 4 is 17.3 Å². The summed E-state index contributed by atoms with van der Waals surface area (Å²) in [6.07, 6.45) is 5.14. The molecule has 0 saturated heterocycles. The molecule has 1 aliphatic heterocycles. The molecule has 1 aromatic carbocycles. The Morgan fingerprint density at radius 3 is 2.70 bits per heavy atom. The Balaban J connectivity index is 1.98. The summed E-state index contributed by atoms with van der Waals surface area (Å²) < 4.78 is 5.81. The van der Waals surface area contributed by atoms with E-state index in [1.807, 2.05) is 32.0 Å². The van der Waals surface area contributed by atoms with Crippen molar-refractivity contribution in [2.45, 2.75) is 57.6 Å². The van der Waals surface area contributed by atoms with Crippen LogP contribution in [0.25, 0.3) is 0 Å². The molecule has 1 heterocycles. The van der Waals surface area contributed by atoms with Gasteiger partial charge in [-0.05, 0) is 38.8 Å². The van der Waals surface area contributed by atoms with Crippen molar-refractivity contribution < 1.29 is 9.53 Å². The number of ether oxygens (including phenoxy) is 1. The fourth-order valence-electron chi connectivity index (χ4n) is 3.29. The fraction of sp³-hybridized carbons (Fsp3) is 0.562. The van der Waals surface area contributed by atoms with Crippen LogP contribution in [-0.4, -0.2) is 17.6 Å². The SMILES string of the molecule is CC(C)Oc1cccc2c1NC(=O)CC1(CCCC1)N2. The summed E-state index contributed by atoms with van der Waals surface area (Å²) in [5.41, 5.74) is 1.71. The smallest absolute Gasteiger partial charge is 0.226 e. The molecule has 0 bridgehead atoms. The van der Waals surface area contributed by atoms with Crippen molar-refractivity contribution in [1.29, 1.82) is 0 Å². The van der Waals surface area contributed by atoms with Gasteiger partial charge in [-0.15, -0.1) is 0 Å². The summed E-state index contributed by atoms with van der Waals surface area (Å²) in [7, 11) is 0. The maximum atomic E-state index is 12.2. The average molecular weight is 274 g/mol. The van der Waals surface area contributed by atoms with Gasteiger partial charge in [0.15, 0.2) is 0 Å². The monoisotopic (exact) mass is 274 g/mol. The molecule has 0 atom stereocenters. The molecule has 4 nitrogen and oxygen atoms in total. The fourth-order valence-corrected chi connectivity index (χ4v) is 3.29. The summed E-state index contributed by atoms with van der Waals surface area (Å²) in [5, 5.41) is 6.64. The largest absolute Gasteiger partial charge is 0.489 e. The summed E-state index contributed by atoms with van der Waals surface area (Å²) in [4.78, 5) is 12.2. The normalized spacial score (nSPS) is 20.2. The molecule has 4 heteroatoms. The molecule has 1 saturated carbocycles. The van der Waals surface area contributed by atoms with Crippen LogP contribution in [0.2, 0.25) is 0 Å². The minimum atomic E-state index is -0.0637. The number of amides is 1. The van der Waals surface area contributed by atoms with Crippen molar-refractivity contribution in [3.8, 4) is 5.75 Å². The first-order chi connectivity index (χ1) is 9.58. The van der Waals surface area contributed by atoms with E-state index in [2.05, 4.69) is 10.6 Å². The lowest BCUT2D eigenvalue weighted by molar-refractivity contribution is -0.117. The summed E-state index contributed by atoms with van der Waals surface area (Å²) in [5.74, 6) is 0.825. The average Bonchev–Trinajstić information content (AvgIpc) is 2.74. The van der Waals surface area contributed by atoms with Crippen molar-refractivity contribution in [3.63, 3.8) is 0 Å². The van der Waals surface area contributed by atoms with Gasteiger partial charge in [0.2, 0.25) is 5.91 Å². The number of fused-ring (bicyclic) bond motifs is 1. The van der Waals surface area contributed by atoms with E-state index in [1.54, 1.807) is 0 Å². The molecule has 0 radical (unpaired) electrons. The number of carbonyl (C=O) groups is 1. The van der Waals surface area contributed by atoms with Gasteiger partial charge in [0, 0.05) is 12.0 Å². The first kappa shape index (κ1) is 13.3. The zero-order valence-corrected chi connectivity index (χ0v) is 12.2. The Labute approximate surface area is 119 Å². The minimum Gasteiger partial charge on any atom is -0.489 e. The molecule has 0 aromatic heterocycles.